The van der Waals surface area contributed by atoms with Crippen LogP contribution in [0.15, 0.2) is 48.5 Å². The van der Waals surface area contributed by atoms with E-state index in [4.69, 9.17) is 10.5 Å². The fourth-order valence-corrected chi connectivity index (χ4v) is 2.39. The van der Waals surface area contributed by atoms with Crippen LogP contribution in [0.1, 0.15) is 21.5 Å². The Kier molecular flexibility index (Phi) is 5.86. The minimum atomic E-state index is -4.57. The third-order valence-corrected chi connectivity index (χ3v) is 3.72. The number of carbonyl (C=O) groups is 2. The molecule has 0 aromatic heterocycles. The smallest absolute Gasteiger partial charge is 0.416 e. The second kappa shape index (κ2) is 7.90. The molecule has 0 saturated heterocycles. The minimum absolute atomic E-state index is 0.0457. The van der Waals surface area contributed by atoms with Crippen molar-refractivity contribution in [3.8, 4) is 5.75 Å². The largest absolute Gasteiger partial charge is 0.496 e. The van der Waals surface area contributed by atoms with Crippen molar-refractivity contribution in [1.82, 2.24) is 5.32 Å². The molecule has 0 aliphatic carbocycles. The Hall–Kier alpha value is -3.03. The number of halogens is 3. The van der Waals surface area contributed by atoms with Gasteiger partial charge in [0.05, 0.1) is 12.7 Å². The van der Waals surface area contributed by atoms with Gasteiger partial charge < -0.3 is 15.8 Å². The molecule has 1 atom stereocenters. The maximum absolute atomic E-state index is 12.8. The van der Waals surface area contributed by atoms with Crippen LogP contribution >= 0.6 is 0 Å². The number of hydrogen-bond donors (Lipinski definition) is 2. The Bertz CT molecular complexity index is 806. The van der Waals surface area contributed by atoms with Gasteiger partial charge in [0.15, 0.2) is 0 Å². The van der Waals surface area contributed by atoms with Crippen LogP contribution in [0.5, 0.6) is 5.75 Å². The lowest BCUT2D eigenvalue weighted by Gasteiger charge is -2.17. The van der Waals surface area contributed by atoms with E-state index in [1.54, 1.807) is 24.3 Å². The second-order valence-corrected chi connectivity index (χ2v) is 5.52. The van der Waals surface area contributed by atoms with E-state index in [1.807, 2.05) is 0 Å². The molecule has 8 heteroatoms. The maximum atomic E-state index is 12.8. The normalized spacial score (nSPS) is 12.3. The first-order valence-electron chi connectivity index (χ1n) is 7.61. The number of amides is 2. The number of alkyl halides is 3. The molecule has 0 unspecified atom stereocenters. The average molecular weight is 366 g/mol. The van der Waals surface area contributed by atoms with Crippen molar-refractivity contribution in [2.45, 2.75) is 18.6 Å². The molecule has 0 aliphatic heterocycles. The Morgan fingerprint density at radius 2 is 1.85 bits per heavy atom. The molecule has 0 aliphatic rings. The predicted octanol–water partition coefficient (Wildman–Crippen LogP) is 2.54. The molecule has 2 aromatic carbocycles. The number of rotatable bonds is 6. The maximum Gasteiger partial charge on any atom is 0.416 e. The molecule has 26 heavy (non-hydrogen) atoms. The Morgan fingerprint density at radius 3 is 2.46 bits per heavy atom. The molecule has 0 radical (unpaired) electrons. The molecular weight excluding hydrogens is 349 g/mol. The molecule has 2 rings (SSSR count). The molecule has 0 bridgehead atoms. The van der Waals surface area contributed by atoms with E-state index >= 15 is 0 Å². The standard InChI is InChI=1S/C18H17F3N2O3/c1-26-15-8-3-2-5-11(15)10-14(16(22)24)23-17(25)12-6-4-7-13(9-12)18(19,20)21/h2-9,14H,10H2,1H3,(H2,22,24)(H,23,25)/t14-/m1/s1. The van der Waals surface area contributed by atoms with Crippen molar-refractivity contribution in [3.05, 3.63) is 65.2 Å². The van der Waals surface area contributed by atoms with E-state index < -0.39 is 29.6 Å². The van der Waals surface area contributed by atoms with Crippen LogP contribution in [-0.2, 0) is 17.4 Å². The summed E-state index contributed by atoms with van der Waals surface area (Å²) in [7, 11) is 1.46. The Balaban J connectivity index is 2.20. The van der Waals surface area contributed by atoms with Crippen LogP contribution < -0.4 is 15.8 Å². The molecule has 0 spiro atoms. The molecule has 0 heterocycles. The van der Waals surface area contributed by atoms with E-state index in [9.17, 15) is 22.8 Å². The molecule has 5 nitrogen and oxygen atoms in total. The summed E-state index contributed by atoms with van der Waals surface area (Å²) < 4.78 is 43.5. The van der Waals surface area contributed by atoms with Gasteiger partial charge in [-0.25, -0.2) is 0 Å². The highest BCUT2D eigenvalue weighted by molar-refractivity contribution is 5.97. The van der Waals surface area contributed by atoms with Gasteiger partial charge in [-0.15, -0.1) is 0 Å². The second-order valence-electron chi connectivity index (χ2n) is 5.52. The average Bonchev–Trinajstić information content (AvgIpc) is 2.60. The van der Waals surface area contributed by atoms with Gasteiger partial charge in [0, 0.05) is 12.0 Å². The SMILES string of the molecule is COc1ccccc1C[C@@H](NC(=O)c1cccc(C(F)(F)F)c1)C(N)=O. The number of benzene rings is 2. The molecule has 3 N–H and O–H groups in total. The van der Waals surface area contributed by atoms with Crippen molar-refractivity contribution >= 4 is 11.8 Å². The highest BCUT2D eigenvalue weighted by Crippen LogP contribution is 2.29. The number of methoxy groups -OCH3 is 1. The van der Waals surface area contributed by atoms with Crippen LogP contribution in [0.2, 0.25) is 0 Å². The van der Waals surface area contributed by atoms with E-state index in [0.29, 0.717) is 11.3 Å². The number of hydrogen-bond acceptors (Lipinski definition) is 3. The zero-order valence-electron chi connectivity index (χ0n) is 13.8. The highest BCUT2D eigenvalue weighted by Gasteiger charge is 2.31. The first-order valence-corrected chi connectivity index (χ1v) is 7.61. The van der Waals surface area contributed by atoms with Gasteiger partial charge in [0.1, 0.15) is 11.8 Å². The topological polar surface area (TPSA) is 81.4 Å². The number of nitrogens with two attached hydrogens (primary N) is 1. The summed E-state index contributed by atoms with van der Waals surface area (Å²) in [6.07, 6.45) is -4.53. The number of carbonyl (C=O) groups excluding carboxylic acids is 2. The molecule has 0 fully saturated rings. The molecule has 0 saturated carbocycles. The van der Waals surface area contributed by atoms with Gasteiger partial charge in [-0.1, -0.05) is 24.3 Å². The van der Waals surface area contributed by atoms with Crippen LogP contribution in [-0.4, -0.2) is 25.0 Å². The van der Waals surface area contributed by atoms with Gasteiger partial charge in [0.2, 0.25) is 5.91 Å². The number of primary amides is 1. The lowest BCUT2D eigenvalue weighted by Crippen LogP contribution is -2.45. The zero-order chi connectivity index (χ0) is 19.3. The van der Waals surface area contributed by atoms with Gasteiger partial charge in [-0.05, 0) is 29.8 Å². The number of nitrogens with one attached hydrogen (secondary N) is 1. The van der Waals surface area contributed by atoms with Gasteiger partial charge in [-0.3, -0.25) is 9.59 Å². The summed E-state index contributed by atoms with van der Waals surface area (Å²) in [5.74, 6) is -1.13. The quantitative estimate of drug-likeness (QED) is 0.824. The molecule has 2 aromatic rings. The van der Waals surface area contributed by atoms with Crippen molar-refractivity contribution in [3.63, 3.8) is 0 Å². The van der Waals surface area contributed by atoms with E-state index in [0.717, 1.165) is 18.2 Å². The summed E-state index contributed by atoms with van der Waals surface area (Å²) in [6.45, 7) is 0. The van der Waals surface area contributed by atoms with E-state index in [-0.39, 0.29) is 12.0 Å². The third kappa shape index (κ3) is 4.75. The molecule has 2 amide bonds. The van der Waals surface area contributed by atoms with Gasteiger partial charge in [0.25, 0.3) is 5.91 Å². The number of para-hydroxylation sites is 1. The summed E-state index contributed by atoms with van der Waals surface area (Å²) in [5, 5.41) is 2.37. The lowest BCUT2D eigenvalue weighted by atomic mass is 10.0. The summed E-state index contributed by atoms with van der Waals surface area (Å²) in [5.41, 5.74) is 4.79. The predicted molar refractivity (Wildman–Crippen MR) is 88.6 cm³/mol. The van der Waals surface area contributed by atoms with Crippen molar-refractivity contribution in [2.75, 3.05) is 7.11 Å². The van der Waals surface area contributed by atoms with Gasteiger partial charge in [-0.2, -0.15) is 13.2 Å². The highest BCUT2D eigenvalue weighted by atomic mass is 19.4. The first kappa shape index (κ1) is 19.3. The number of ether oxygens (including phenoxy) is 1. The minimum Gasteiger partial charge on any atom is -0.496 e. The van der Waals surface area contributed by atoms with E-state index in [1.165, 1.54) is 13.2 Å². The third-order valence-electron chi connectivity index (χ3n) is 3.72. The van der Waals surface area contributed by atoms with Crippen LogP contribution in [0.4, 0.5) is 13.2 Å². The molecule has 138 valence electrons. The Labute approximate surface area is 148 Å². The summed E-state index contributed by atoms with van der Waals surface area (Å²) in [6, 6.07) is 9.67. The van der Waals surface area contributed by atoms with Gasteiger partial charge >= 0.3 is 6.18 Å². The zero-order valence-corrected chi connectivity index (χ0v) is 13.8. The Morgan fingerprint density at radius 1 is 1.15 bits per heavy atom. The van der Waals surface area contributed by atoms with Crippen molar-refractivity contribution in [2.24, 2.45) is 5.73 Å². The molecular formula is C18H17F3N2O3. The fourth-order valence-electron chi connectivity index (χ4n) is 2.39. The fraction of sp³-hybridized carbons (Fsp3) is 0.222. The van der Waals surface area contributed by atoms with Crippen LogP contribution in [0, 0.1) is 0 Å². The monoisotopic (exact) mass is 366 g/mol. The van der Waals surface area contributed by atoms with E-state index in [2.05, 4.69) is 5.32 Å². The first-order chi connectivity index (χ1) is 12.2. The lowest BCUT2D eigenvalue weighted by molar-refractivity contribution is -0.137. The van der Waals surface area contributed by atoms with Crippen LogP contribution in [0.3, 0.4) is 0 Å². The summed E-state index contributed by atoms with van der Waals surface area (Å²) in [4.78, 5) is 23.9. The van der Waals surface area contributed by atoms with Crippen molar-refractivity contribution < 1.29 is 27.5 Å². The summed E-state index contributed by atoms with van der Waals surface area (Å²) >= 11 is 0. The van der Waals surface area contributed by atoms with Crippen LogP contribution in [0.25, 0.3) is 0 Å². The van der Waals surface area contributed by atoms with Crippen molar-refractivity contribution in [1.29, 1.82) is 0 Å².